The first kappa shape index (κ1) is 22.4. The zero-order valence-corrected chi connectivity index (χ0v) is 17.4. The normalized spacial score (nSPS) is 19.2. The highest BCUT2D eigenvalue weighted by Gasteiger charge is 2.26. The van der Waals surface area contributed by atoms with Gasteiger partial charge in [-0.15, -0.1) is 0 Å². The molecular weight excluding hydrogens is 396 g/mol. The molecular formula is C24H28F4O2. The Labute approximate surface area is 175 Å². The van der Waals surface area contributed by atoms with Crippen molar-refractivity contribution in [3.63, 3.8) is 0 Å². The highest BCUT2D eigenvalue weighted by Crippen LogP contribution is 2.40. The van der Waals surface area contributed by atoms with Crippen molar-refractivity contribution in [3.8, 4) is 17.2 Å². The number of rotatable bonds is 8. The van der Waals surface area contributed by atoms with Gasteiger partial charge in [0.05, 0.1) is 12.2 Å². The number of halogens is 4. The molecule has 1 aliphatic rings. The standard InChI is InChI=1S/C24H28F4O2/c1-3-5-15-6-8-16(9-7-15)17-10-12-18(13-11-17)30-20-14-19(24(27)28)23(29-4-2)22(26)21(20)25/h10-16,24H,3-9H2,1-2H3. The van der Waals surface area contributed by atoms with Gasteiger partial charge < -0.3 is 9.47 Å². The maximum absolute atomic E-state index is 14.4. The fourth-order valence-electron chi connectivity index (χ4n) is 4.26. The van der Waals surface area contributed by atoms with Crippen LogP contribution in [-0.2, 0) is 0 Å². The third kappa shape index (κ3) is 5.08. The maximum Gasteiger partial charge on any atom is 0.267 e. The molecule has 0 amide bonds. The zero-order chi connectivity index (χ0) is 21.7. The van der Waals surface area contributed by atoms with Crippen LogP contribution in [0.25, 0.3) is 0 Å². The predicted molar refractivity (Wildman–Crippen MR) is 109 cm³/mol. The lowest BCUT2D eigenvalue weighted by atomic mass is 9.77. The van der Waals surface area contributed by atoms with Crippen LogP contribution in [0, 0.1) is 17.6 Å². The van der Waals surface area contributed by atoms with Crippen LogP contribution in [-0.4, -0.2) is 6.61 Å². The molecule has 1 aliphatic carbocycles. The van der Waals surface area contributed by atoms with Crippen LogP contribution in [0.3, 0.4) is 0 Å². The minimum atomic E-state index is -3.02. The first-order valence-corrected chi connectivity index (χ1v) is 10.6. The smallest absolute Gasteiger partial charge is 0.267 e. The van der Waals surface area contributed by atoms with Crippen molar-refractivity contribution >= 4 is 0 Å². The van der Waals surface area contributed by atoms with Crippen molar-refractivity contribution in [2.24, 2.45) is 5.92 Å². The number of hydrogen-bond donors (Lipinski definition) is 0. The van der Waals surface area contributed by atoms with E-state index in [1.54, 1.807) is 12.1 Å². The van der Waals surface area contributed by atoms with Gasteiger partial charge >= 0.3 is 0 Å². The van der Waals surface area contributed by atoms with Gasteiger partial charge in [0.1, 0.15) is 5.75 Å². The van der Waals surface area contributed by atoms with E-state index in [4.69, 9.17) is 9.47 Å². The van der Waals surface area contributed by atoms with Gasteiger partial charge in [-0.3, -0.25) is 0 Å². The van der Waals surface area contributed by atoms with E-state index in [0.717, 1.165) is 24.8 Å². The van der Waals surface area contributed by atoms with E-state index in [1.807, 2.05) is 12.1 Å². The molecule has 2 nitrogen and oxygen atoms in total. The lowest BCUT2D eigenvalue weighted by Crippen LogP contribution is -2.13. The average Bonchev–Trinajstić information content (AvgIpc) is 2.74. The molecule has 0 unspecified atom stereocenters. The summed E-state index contributed by atoms with van der Waals surface area (Å²) in [5.74, 6) is -2.61. The number of hydrogen-bond acceptors (Lipinski definition) is 2. The Morgan fingerprint density at radius 1 is 0.967 bits per heavy atom. The van der Waals surface area contributed by atoms with Crippen LogP contribution in [0.15, 0.2) is 30.3 Å². The Kier molecular flexibility index (Phi) is 7.62. The minimum Gasteiger partial charge on any atom is -0.490 e. The molecule has 6 heteroatoms. The fraction of sp³-hybridized carbons (Fsp3) is 0.500. The number of ether oxygens (including phenoxy) is 2. The molecule has 0 bridgehead atoms. The monoisotopic (exact) mass is 424 g/mol. The van der Waals surface area contributed by atoms with Crippen molar-refractivity contribution in [1.82, 2.24) is 0 Å². The van der Waals surface area contributed by atoms with Crippen LogP contribution in [0.1, 0.15) is 75.8 Å². The Hall–Kier alpha value is -2.24. The zero-order valence-electron chi connectivity index (χ0n) is 17.4. The highest BCUT2D eigenvalue weighted by molar-refractivity contribution is 5.45. The summed E-state index contributed by atoms with van der Waals surface area (Å²) in [5, 5.41) is 0. The summed E-state index contributed by atoms with van der Waals surface area (Å²) in [6.07, 6.45) is 4.21. The SMILES string of the molecule is CCCC1CCC(c2ccc(Oc3cc(C(F)F)c(OCC)c(F)c3F)cc2)CC1. The Balaban J connectivity index is 1.74. The number of benzene rings is 2. The first-order chi connectivity index (χ1) is 14.4. The van der Waals surface area contributed by atoms with E-state index >= 15 is 0 Å². The first-order valence-electron chi connectivity index (χ1n) is 10.6. The van der Waals surface area contributed by atoms with Gasteiger partial charge in [-0.05, 0) is 68.2 Å². The molecule has 0 aromatic heterocycles. The summed E-state index contributed by atoms with van der Waals surface area (Å²) in [6.45, 7) is 3.67. The minimum absolute atomic E-state index is 0.0574. The molecule has 0 N–H and O–H groups in total. The van der Waals surface area contributed by atoms with E-state index in [2.05, 4.69) is 6.92 Å². The van der Waals surface area contributed by atoms with Crippen molar-refractivity contribution < 1.29 is 27.0 Å². The van der Waals surface area contributed by atoms with Gasteiger partial charge in [0.15, 0.2) is 11.5 Å². The van der Waals surface area contributed by atoms with Crippen LogP contribution < -0.4 is 9.47 Å². The van der Waals surface area contributed by atoms with Crippen molar-refractivity contribution in [2.45, 2.75) is 64.7 Å². The summed E-state index contributed by atoms with van der Waals surface area (Å²) >= 11 is 0. The van der Waals surface area contributed by atoms with E-state index < -0.39 is 35.1 Å². The van der Waals surface area contributed by atoms with Gasteiger partial charge in [-0.25, -0.2) is 8.78 Å². The average molecular weight is 424 g/mol. The summed E-state index contributed by atoms with van der Waals surface area (Å²) in [4.78, 5) is 0. The van der Waals surface area contributed by atoms with Gasteiger partial charge in [-0.1, -0.05) is 31.9 Å². The molecule has 1 saturated carbocycles. The van der Waals surface area contributed by atoms with E-state index in [1.165, 1.54) is 38.2 Å². The molecule has 0 saturated heterocycles. The summed E-state index contributed by atoms with van der Waals surface area (Å²) in [7, 11) is 0. The molecule has 0 heterocycles. The lowest BCUT2D eigenvalue weighted by Gasteiger charge is -2.28. The molecule has 30 heavy (non-hydrogen) atoms. The van der Waals surface area contributed by atoms with Crippen LogP contribution in [0.2, 0.25) is 0 Å². The van der Waals surface area contributed by atoms with E-state index in [9.17, 15) is 17.6 Å². The Morgan fingerprint density at radius 2 is 1.63 bits per heavy atom. The summed E-state index contributed by atoms with van der Waals surface area (Å²) in [6, 6.07) is 7.97. The predicted octanol–water partition coefficient (Wildman–Crippen LogP) is 8.17. The molecule has 1 fully saturated rings. The third-order valence-electron chi connectivity index (χ3n) is 5.80. The van der Waals surface area contributed by atoms with Crippen molar-refractivity contribution in [1.29, 1.82) is 0 Å². The van der Waals surface area contributed by atoms with Crippen LogP contribution in [0.4, 0.5) is 17.6 Å². The van der Waals surface area contributed by atoms with Gasteiger partial charge in [-0.2, -0.15) is 8.78 Å². The topological polar surface area (TPSA) is 18.5 Å². The van der Waals surface area contributed by atoms with Crippen molar-refractivity contribution in [2.75, 3.05) is 6.61 Å². The molecule has 164 valence electrons. The third-order valence-corrected chi connectivity index (χ3v) is 5.80. The summed E-state index contributed by atoms with van der Waals surface area (Å²) < 4.78 is 65.5. The second-order valence-electron chi connectivity index (χ2n) is 7.83. The van der Waals surface area contributed by atoms with E-state index in [0.29, 0.717) is 5.92 Å². The van der Waals surface area contributed by atoms with Crippen molar-refractivity contribution in [3.05, 3.63) is 53.1 Å². The van der Waals surface area contributed by atoms with Gasteiger partial charge in [0.25, 0.3) is 6.43 Å². The molecule has 2 aromatic carbocycles. The summed E-state index contributed by atoms with van der Waals surface area (Å²) in [5.41, 5.74) is 0.454. The largest absolute Gasteiger partial charge is 0.490 e. The molecule has 0 aliphatic heterocycles. The number of alkyl halides is 2. The molecule has 3 rings (SSSR count). The Morgan fingerprint density at radius 3 is 2.20 bits per heavy atom. The molecule has 0 radical (unpaired) electrons. The fourth-order valence-corrected chi connectivity index (χ4v) is 4.26. The second kappa shape index (κ2) is 10.2. The van der Waals surface area contributed by atoms with Gasteiger partial charge in [0.2, 0.25) is 11.6 Å². The molecule has 2 aromatic rings. The quantitative estimate of drug-likeness (QED) is 0.398. The maximum atomic E-state index is 14.4. The molecule has 0 spiro atoms. The van der Waals surface area contributed by atoms with E-state index in [-0.39, 0.29) is 12.4 Å². The van der Waals surface area contributed by atoms with Crippen LogP contribution >= 0.6 is 0 Å². The molecule has 0 atom stereocenters. The second-order valence-corrected chi connectivity index (χ2v) is 7.83. The highest BCUT2D eigenvalue weighted by atomic mass is 19.3. The van der Waals surface area contributed by atoms with Gasteiger partial charge in [0, 0.05) is 0 Å². The lowest BCUT2D eigenvalue weighted by molar-refractivity contribution is 0.143. The Bertz CT molecular complexity index is 828. The van der Waals surface area contributed by atoms with Crippen LogP contribution in [0.5, 0.6) is 17.2 Å².